The molecule has 0 saturated heterocycles. The largest absolute Gasteiger partial charge is 0.369 e. The summed E-state index contributed by atoms with van der Waals surface area (Å²) in [6.45, 7) is 4.17. The van der Waals surface area contributed by atoms with Crippen molar-refractivity contribution in [3.63, 3.8) is 0 Å². The highest BCUT2D eigenvalue weighted by Gasteiger charge is 2.16. The predicted molar refractivity (Wildman–Crippen MR) is 133 cm³/mol. The molecule has 4 aromatic rings. The van der Waals surface area contributed by atoms with Crippen LogP contribution < -0.4 is 15.8 Å². The minimum absolute atomic E-state index is 0.0902. The average Bonchev–Trinajstić information content (AvgIpc) is 3.29. The van der Waals surface area contributed by atoms with Crippen molar-refractivity contribution in [1.82, 2.24) is 15.3 Å². The SMILES string of the molecule is C=C(C(=O)NCc1ccc(-c2cnc(N)[nH]2)cc1)c1ccc(S(=O)(=O)Nc2ccccc2)cc1. The topological polar surface area (TPSA) is 130 Å². The van der Waals surface area contributed by atoms with Crippen LogP contribution in [0.1, 0.15) is 11.1 Å². The quantitative estimate of drug-likeness (QED) is 0.289. The number of nitrogens with one attached hydrogen (secondary N) is 3. The van der Waals surface area contributed by atoms with E-state index in [9.17, 15) is 13.2 Å². The lowest BCUT2D eigenvalue weighted by atomic mass is 10.1. The van der Waals surface area contributed by atoms with E-state index in [1.165, 1.54) is 12.1 Å². The van der Waals surface area contributed by atoms with Crippen LogP contribution >= 0.6 is 0 Å². The summed E-state index contributed by atoms with van der Waals surface area (Å²) in [6, 6.07) is 22.2. The van der Waals surface area contributed by atoms with Crippen molar-refractivity contribution in [1.29, 1.82) is 0 Å². The molecule has 0 unspecified atom stereocenters. The minimum Gasteiger partial charge on any atom is -0.369 e. The van der Waals surface area contributed by atoms with Gasteiger partial charge in [0.25, 0.3) is 15.9 Å². The summed E-state index contributed by atoms with van der Waals surface area (Å²) >= 11 is 0. The third-order valence-corrected chi connectivity index (χ3v) is 6.52. The van der Waals surface area contributed by atoms with Gasteiger partial charge in [-0.3, -0.25) is 9.52 Å². The molecule has 0 atom stereocenters. The van der Waals surface area contributed by atoms with Crippen LogP contribution in [0.25, 0.3) is 16.8 Å². The molecule has 1 heterocycles. The van der Waals surface area contributed by atoms with Crippen LogP contribution in [0.2, 0.25) is 0 Å². The van der Waals surface area contributed by atoms with Crippen molar-refractivity contribution >= 4 is 33.1 Å². The number of anilines is 2. The van der Waals surface area contributed by atoms with Gasteiger partial charge in [-0.05, 0) is 41.0 Å². The van der Waals surface area contributed by atoms with Gasteiger partial charge in [0.05, 0.1) is 16.8 Å². The summed E-state index contributed by atoms with van der Waals surface area (Å²) < 4.78 is 27.7. The fourth-order valence-corrected chi connectivity index (χ4v) is 4.32. The second kappa shape index (κ2) is 9.63. The van der Waals surface area contributed by atoms with E-state index in [1.54, 1.807) is 48.7 Å². The Bertz CT molecular complexity index is 1410. The van der Waals surface area contributed by atoms with Crippen LogP contribution in [-0.2, 0) is 21.4 Å². The maximum Gasteiger partial charge on any atom is 0.261 e. The molecule has 0 fully saturated rings. The Morgan fingerprint density at radius 1 is 0.971 bits per heavy atom. The Morgan fingerprint density at radius 2 is 1.65 bits per heavy atom. The van der Waals surface area contributed by atoms with Crippen molar-refractivity contribution in [2.75, 3.05) is 10.5 Å². The number of benzene rings is 3. The first kappa shape index (κ1) is 22.8. The third kappa shape index (κ3) is 5.33. The lowest BCUT2D eigenvalue weighted by molar-refractivity contribution is -0.115. The van der Waals surface area contributed by atoms with E-state index in [2.05, 4.69) is 26.6 Å². The number of H-pyrrole nitrogens is 1. The van der Waals surface area contributed by atoms with Gasteiger partial charge in [0.15, 0.2) is 5.95 Å². The van der Waals surface area contributed by atoms with Crippen molar-refractivity contribution < 1.29 is 13.2 Å². The van der Waals surface area contributed by atoms with Gasteiger partial charge in [-0.2, -0.15) is 0 Å². The van der Waals surface area contributed by atoms with Crippen molar-refractivity contribution in [2.45, 2.75) is 11.4 Å². The number of amides is 1. The fourth-order valence-electron chi connectivity index (χ4n) is 3.26. The van der Waals surface area contributed by atoms with Crippen LogP contribution in [0.3, 0.4) is 0 Å². The fraction of sp³-hybridized carbons (Fsp3) is 0.0400. The first-order chi connectivity index (χ1) is 16.3. The molecule has 0 radical (unpaired) electrons. The Balaban J connectivity index is 1.36. The van der Waals surface area contributed by atoms with Crippen LogP contribution in [0.4, 0.5) is 11.6 Å². The molecule has 0 aliphatic carbocycles. The number of sulfonamides is 1. The molecule has 172 valence electrons. The molecule has 0 bridgehead atoms. The molecular formula is C25H23N5O3S. The molecular weight excluding hydrogens is 450 g/mol. The highest BCUT2D eigenvalue weighted by Crippen LogP contribution is 2.20. The first-order valence-electron chi connectivity index (χ1n) is 10.4. The number of hydrogen-bond donors (Lipinski definition) is 4. The van der Waals surface area contributed by atoms with Gasteiger partial charge >= 0.3 is 0 Å². The molecule has 4 rings (SSSR count). The van der Waals surface area contributed by atoms with Gasteiger partial charge < -0.3 is 16.0 Å². The zero-order valence-electron chi connectivity index (χ0n) is 18.2. The number of rotatable bonds is 8. The van der Waals surface area contributed by atoms with Crippen molar-refractivity contribution in [2.24, 2.45) is 0 Å². The molecule has 1 amide bonds. The molecule has 8 nitrogen and oxygen atoms in total. The van der Waals surface area contributed by atoms with E-state index >= 15 is 0 Å². The number of nitrogens with two attached hydrogens (primary N) is 1. The highest BCUT2D eigenvalue weighted by atomic mass is 32.2. The van der Waals surface area contributed by atoms with Crippen LogP contribution in [0.15, 0.2) is 96.5 Å². The van der Waals surface area contributed by atoms with E-state index in [4.69, 9.17) is 5.73 Å². The molecule has 3 aromatic carbocycles. The predicted octanol–water partition coefficient (Wildman–Crippen LogP) is 3.79. The Kier molecular flexibility index (Phi) is 6.46. The monoisotopic (exact) mass is 473 g/mol. The molecule has 5 N–H and O–H groups in total. The summed E-state index contributed by atoms with van der Waals surface area (Å²) in [6.07, 6.45) is 1.66. The summed E-state index contributed by atoms with van der Waals surface area (Å²) in [7, 11) is -3.74. The van der Waals surface area contributed by atoms with E-state index < -0.39 is 10.0 Å². The zero-order chi connectivity index (χ0) is 24.1. The van der Waals surface area contributed by atoms with Crippen molar-refractivity contribution in [3.05, 3.63) is 103 Å². The number of aromatic nitrogens is 2. The summed E-state index contributed by atoms with van der Waals surface area (Å²) in [5.74, 6) is 0.00591. The normalized spacial score (nSPS) is 11.1. The molecule has 0 aliphatic heterocycles. The Labute approximate surface area is 197 Å². The number of aromatic amines is 1. The average molecular weight is 474 g/mol. The number of hydrogen-bond acceptors (Lipinski definition) is 5. The zero-order valence-corrected chi connectivity index (χ0v) is 19.0. The van der Waals surface area contributed by atoms with E-state index in [1.807, 2.05) is 24.3 Å². The van der Waals surface area contributed by atoms with Crippen molar-refractivity contribution in [3.8, 4) is 11.3 Å². The minimum atomic E-state index is -3.74. The smallest absolute Gasteiger partial charge is 0.261 e. The lowest BCUT2D eigenvalue weighted by Crippen LogP contribution is -2.23. The molecule has 9 heteroatoms. The standard InChI is InChI=1S/C25H23N5O3S/c1-17(19-11-13-22(14-12-19)34(32,33)30-21-5-3-2-4-6-21)24(31)27-15-18-7-9-20(10-8-18)23-16-28-25(26)29-23/h2-14,16,30H,1,15H2,(H,27,31)(H3,26,28,29). The van der Waals surface area contributed by atoms with Gasteiger partial charge in [-0.1, -0.05) is 61.2 Å². The first-order valence-corrected chi connectivity index (χ1v) is 11.9. The van der Waals surface area contributed by atoms with Gasteiger partial charge in [0, 0.05) is 17.8 Å². The van der Waals surface area contributed by atoms with Gasteiger partial charge in [0.1, 0.15) is 0 Å². The summed E-state index contributed by atoms with van der Waals surface area (Å²) in [5, 5.41) is 2.83. The maximum absolute atomic E-state index is 12.6. The second-order valence-electron chi connectivity index (χ2n) is 7.54. The third-order valence-electron chi connectivity index (χ3n) is 5.13. The van der Waals surface area contributed by atoms with Gasteiger partial charge in [-0.15, -0.1) is 0 Å². The van der Waals surface area contributed by atoms with Gasteiger partial charge in [0.2, 0.25) is 0 Å². The van der Waals surface area contributed by atoms with E-state index in [0.29, 0.717) is 23.7 Å². The van der Waals surface area contributed by atoms with Gasteiger partial charge in [-0.25, -0.2) is 13.4 Å². The Morgan fingerprint density at radius 3 is 2.26 bits per heavy atom. The summed E-state index contributed by atoms with van der Waals surface area (Å²) in [4.78, 5) is 19.6. The highest BCUT2D eigenvalue weighted by molar-refractivity contribution is 7.92. The van der Waals surface area contributed by atoms with Crippen LogP contribution in [-0.4, -0.2) is 24.3 Å². The molecule has 0 aliphatic rings. The number of carbonyl (C=O) groups is 1. The number of nitrogens with zero attached hydrogens (tertiary/aromatic N) is 1. The molecule has 0 saturated carbocycles. The van der Waals surface area contributed by atoms with Crippen LogP contribution in [0, 0.1) is 0 Å². The molecule has 34 heavy (non-hydrogen) atoms. The number of imidazole rings is 1. The number of para-hydroxylation sites is 1. The maximum atomic E-state index is 12.6. The summed E-state index contributed by atoms with van der Waals surface area (Å²) in [5.41, 5.74) is 9.50. The number of carbonyl (C=O) groups excluding carboxylic acids is 1. The molecule has 1 aromatic heterocycles. The molecule has 0 spiro atoms. The number of nitrogen functional groups attached to an aromatic ring is 1. The van der Waals surface area contributed by atoms with E-state index in [0.717, 1.165) is 16.8 Å². The second-order valence-corrected chi connectivity index (χ2v) is 9.22. The van der Waals surface area contributed by atoms with Crippen LogP contribution in [0.5, 0.6) is 0 Å². The lowest BCUT2D eigenvalue weighted by Gasteiger charge is -2.11. The van der Waals surface area contributed by atoms with E-state index in [-0.39, 0.29) is 16.4 Å². The Hall–Kier alpha value is -4.37.